The van der Waals surface area contributed by atoms with Crippen LogP contribution in [0.25, 0.3) is 11.4 Å². The number of hydrogen-bond acceptors (Lipinski definition) is 5. The first kappa shape index (κ1) is 18.7. The van der Waals surface area contributed by atoms with Gasteiger partial charge in [-0.1, -0.05) is 29.8 Å². The SMILES string of the molecule is CC(=O)Nc1ccc(S(=O)(=O)NCc2nc(-c3ccc(C)cc3)n[nH]2)cc1. The molecule has 140 valence electrons. The Hall–Kier alpha value is -3.04. The fourth-order valence-corrected chi connectivity index (χ4v) is 3.36. The average Bonchev–Trinajstić information content (AvgIpc) is 3.10. The molecule has 0 aliphatic rings. The van der Waals surface area contributed by atoms with Crippen molar-refractivity contribution >= 4 is 21.6 Å². The molecule has 3 rings (SSSR count). The number of rotatable bonds is 6. The van der Waals surface area contributed by atoms with E-state index >= 15 is 0 Å². The van der Waals surface area contributed by atoms with Gasteiger partial charge in [-0.05, 0) is 31.2 Å². The number of hydrogen-bond donors (Lipinski definition) is 3. The van der Waals surface area contributed by atoms with Crippen molar-refractivity contribution in [3.63, 3.8) is 0 Å². The minimum absolute atomic E-state index is 0.0192. The Kier molecular flexibility index (Phi) is 5.33. The maximum absolute atomic E-state index is 12.4. The fraction of sp³-hybridized carbons (Fsp3) is 0.167. The molecule has 0 spiro atoms. The van der Waals surface area contributed by atoms with Gasteiger partial charge in [0, 0.05) is 18.2 Å². The van der Waals surface area contributed by atoms with Crippen LogP contribution in [0.1, 0.15) is 18.3 Å². The number of aromatic nitrogens is 3. The second kappa shape index (κ2) is 7.68. The van der Waals surface area contributed by atoms with E-state index in [2.05, 4.69) is 25.2 Å². The van der Waals surface area contributed by atoms with Crippen LogP contribution in [0.3, 0.4) is 0 Å². The molecule has 2 aromatic carbocycles. The quantitative estimate of drug-likeness (QED) is 0.601. The molecule has 1 heterocycles. The number of nitrogens with one attached hydrogen (secondary N) is 3. The summed E-state index contributed by atoms with van der Waals surface area (Å²) in [6, 6.07) is 13.6. The Bertz CT molecular complexity index is 1040. The Morgan fingerprint density at radius 2 is 1.74 bits per heavy atom. The maximum atomic E-state index is 12.4. The van der Waals surface area contributed by atoms with Crippen LogP contribution in [-0.2, 0) is 21.4 Å². The number of aromatic amines is 1. The van der Waals surface area contributed by atoms with E-state index in [1.807, 2.05) is 31.2 Å². The van der Waals surface area contributed by atoms with Crippen LogP contribution >= 0.6 is 0 Å². The van der Waals surface area contributed by atoms with Crippen LogP contribution in [0, 0.1) is 6.92 Å². The van der Waals surface area contributed by atoms with E-state index in [0.717, 1.165) is 11.1 Å². The molecule has 0 saturated heterocycles. The van der Waals surface area contributed by atoms with E-state index < -0.39 is 10.0 Å². The fourth-order valence-electron chi connectivity index (χ4n) is 2.37. The molecule has 0 atom stereocenters. The van der Waals surface area contributed by atoms with Crippen LogP contribution in [0.5, 0.6) is 0 Å². The number of carbonyl (C=O) groups excluding carboxylic acids is 1. The van der Waals surface area contributed by atoms with Crippen molar-refractivity contribution in [1.82, 2.24) is 19.9 Å². The minimum atomic E-state index is -3.72. The third kappa shape index (κ3) is 4.78. The third-order valence-corrected chi connectivity index (χ3v) is 5.17. The number of anilines is 1. The summed E-state index contributed by atoms with van der Waals surface area (Å²) in [5, 5.41) is 9.44. The molecule has 0 fully saturated rings. The molecule has 1 aromatic heterocycles. The van der Waals surface area contributed by atoms with Gasteiger partial charge in [-0.25, -0.2) is 18.1 Å². The molecule has 0 saturated carbocycles. The smallest absolute Gasteiger partial charge is 0.240 e. The molecule has 1 amide bonds. The number of aryl methyl sites for hydroxylation is 1. The van der Waals surface area contributed by atoms with Crippen molar-refractivity contribution in [2.24, 2.45) is 0 Å². The van der Waals surface area contributed by atoms with Gasteiger partial charge in [0.15, 0.2) is 5.82 Å². The van der Waals surface area contributed by atoms with E-state index in [9.17, 15) is 13.2 Å². The highest BCUT2D eigenvalue weighted by Gasteiger charge is 2.15. The highest BCUT2D eigenvalue weighted by molar-refractivity contribution is 7.89. The summed E-state index contributed by atoms with van der Waals surface area (Å²) >= 11 is 0. The zero-order valence-electron chi connectivity index (χ0n) is 14.9. The summed E-state index contributed by atoms with van der Waals surface area (Å²) in [6.07, 6.45) is 0. The predicted octanol–water partition coefficient (Wildman–Crippen LogP) is 2.22. The van der Waals surface area contributed by atoms with E-state index in [4.69, 9.17) is 0 Å². The predicted molar refractivity (Wildman–Crippen MR) is 101 cm³/mol. The number of carbonyl (C=O) groups is 1. The van der Waals surface area contributed by atoms with Crippen LogP contribution in [0.15, 0.2) is 53.4 Å². The van der Waals surface area contributed by atoms with Crippen molar-refractivity contribution in [3.05, 3.63) is 59.9 Å². The second-order valence-corrected chi connectivity index (χ2v) is 7.77. The lowest BCUT2D eigenvalue weighted by atomic mass is 10.1. The molecule has 3 aromatic rings. The van der Waals surface area contributed by atoms with E-state index in [0.29, 0.717) is 17.3 Å². The van der Waals surface area contributed by atoms with Crippen LogP contribution in [0.2, 0.25) is 0 Å². The highest BCUT2D eigenvalue weighted by Crippen LogP contribution is 2.16. The second-order valence-electron chi connectivity index (χ2n) is 6.00. The summed E-state index contributed by atoms with van der Waals surface area (Å²) in [6.45, 7) is 3.35. The van der Waals surface area contributed by atoms with Gasteiger partial charge < -0.3 is 5.32 Å². The minimum Gasteiger partial charge on any atom is -0.326 e. The van der Waals surface area contributed by atoms with E-state index in [-0.39, 0.29) is 17.3 Å². The lowest BCUT2D eigenvalue weighted by molar-refractivity contribution is -0.114. The van der Waals surface area contributed by atoms with Crippen molar-refractivity contribution in [2.45, 2.75) is 25.3 Å². The number of nitrogens with zero attached hydrogens (tertiary/aromatic N) is 2. The third-order valence-electron chi connectivity index (χ3n) is 3.76. The molecule has 27 heavy (non-hydrogen) atoms. The highest BCUT2D eigenvalue weighted by atomic mass is 32.2. The molecule has 3 N–H and O–H groups in total. The summed E-state index contributed by atoms with van der Waals surface area (Å²) in [5.74, 6) is 0.686. The van der Waals surface area contributed by atoms with Gasteiger partial charge in [-0.2, -0.15) is 5.10 Å². The molecular formula is C18H19N5O3S. The first-order chi connectivity index (χ1) is 12.8. The number of benzene rings is 2. The first-order valence-electron chi connectivity index (χ1n) is 8.19. The molecule has 0 radical (unpaired) electrons. The lowest BCUT2D eigenvalue weighted by Gasteiger charge is -2.07. The van der Waals surface area contributed by atoms with E-state index in [1.165, 1.54) is 31.2 Å². The van der Waals surface area contributed by atoms with Gasteiger partial charge in [0.1, 0.15) is 5.82 Å². The molecule has 9 heteroatoms. The Labute approximate surface area is 157 Å². The standard InChI is InChI=1S/C18H19N5O3S/c1-12-3-5-14(6-4-12)18-21-17(22-23-18)11-19-27(25,26)16-9-7-15(8-10-16)20-13(2)24/h3-10,19H,11H2,1-2H3,(H,20,24)(H,21,22,23). The van der Waals surface area contributed by atoms with Crippen LogP contribution in [-0.4, -0.2) is 29.5 Å². The topological polar surface area (TPSA) is 117 Å². The number of sulfonamides is 1. The van der Waals surface area contributed by atoms with Gasteiger partial charge in [0.25, 0.3) is 0 Å². The number of amides is 1. The molecule has 0 aliphatic carbocycles. The first-order valence-corrected chi connectivity index (χ1v) is 9.67. The zero-order chi connectivity index (χ0) is 19.4. The van der Waals surface area contributed by atoms with Crippen LogP contribution < -0.4 is 10.0 Å². The Balaban J connectivity index is 1.67. The Morgan fingerprint density at radius 3 is 2.37 bits per heavy atom. The molecular weight excluding hydrogens is 366 g/mol. The molecule has 0 bridgehead atoms. The summed E-state index contributed by atoms with van der Waals surface area (Å²) in [5.41, 5.74) is 2.51. The molecule has 8 nitrogen and oxygen atoms in total. The maximum Gasteiger partial charge on any atom is 0.240 e. The largest absolute Gasteiger partial charge is 0.326 e. The van der Waals surface area contributed by atoms with Gasteiger partial charge in [-0.3, -0.25) is 9.89 Å². The van der Waals surface area contributed by atoms with Gasteiger partial charge in [-0.15, -0.1) is 0 Å². The summed E-state index contributed by atoms with van der Waals surface area (Å²) < 4.78 is 27.3. The summed E-state index contributed by atoms with van der Waals surface area (Å²) in [4.78, 5) is 15.4. The Morgan fingerprint density at radius 1 is 1.07 bits per heavy atom. The van der Waals surface area contributed by atoms with Gasteiger partial charge >= 0.3 is 0 Å². The van der Waals surface area contributed by atoms with Crippen LogP contribution in [0.4, 0.5) is 5.69 Å². The van der Waals surface area contributed by atoms with Crippen molar-refractivity contribution < 1.29 is 13.2 Å². The van der Waals surface area contributed by atoms with E-state index in [1.54, 1.807) is 0 Å². The van der Waals surface area contributed by atoms with Gasteiger partial charge in [0.2, 0.25) is 15.9 Å². The molecule has 0 aliphatic heterocycles. The lowest BCUT2D eigenvalue weighted by Crippen LogP contribution is -2.23. The number of H-pyrrole nitrogens is 1. The van der Waals surface area contributed by atoms with Gasteiger partial charge in [0.05, 0.1) is 11.4 Å². The normalized spacial score (nSPS) is 11.3. The summed E-state index contributed by atoms with van der Waals surface area (Å²) in [7, 11) is -3.72. The average molecular weight is 385 g/mol. The van der Waals surface area contributed by atoms with Crippen molar-refractivity contribution in [1.29, 1.82) is 0 Å². The molecule has 0 unspecified atom stereocenters. The monoisotopic (exact) mass is 385 g/mol. The van der Waals surface area contributed by atoms with Crippen molar-refractivity contribution in [3.8, 4) is 11.4 Å². The zero-order valence-corrected chi connectivity index (χ0v) is 15.7. The van der Waals surface area contributed by atoms with Crippen molar-refractivity contribution in [2.75, 3.05) is 5.32 Å².